The standard InChI is InChI=1S/C14H25N3O2.C2H6/c1-5-12-11(7-8-15)14(17-10(4)16-12)19-13(6-2)9(3)18;1-2/h9,13,18H,5-8,15H2,1-4H3;1-2H3. The first-order valence-corrected chi connectivity index (χ1v) is 7.94. The molecule has 0 aliphatic rings. The summed E-state index contributed by atoms with van der Waals surface area (Å²) in [4.78, 5) is 8.81. The summed E-state index contributed by atoms with van der Waals surface area (Å²) in [6.07, 6.45) is 1.45. The van der Waals surface area contributed by atoms with Gasteiger partial charge < -0.3 is 15.6 Å². The molecule has 0 amide bonds. The van der Waals surface area contributed by atoms with Gasteiger partial charge in [-0.25, -0.2) is 4.98 Å². The zero-order chi connectivity index (χ0) is 16.4. The Morgan fingerprint density at radius 2 is 1.86 bits per heavy atom. The molecule has 0 spiro atoms. The summed E-state index contributed by atoms with van der Waals surface area (Å²) in [6.45, 7) is 12.1. The molecule has 0 aliphatic carbocycles. The number of ether oxygens (including phenoxy) is 1. The molecule has 5 heteroatoms. The molecule has 2 atom stereocenters. The first-order valence-electron chi connectivity index (χ1n) is 7.94. The molecule has 0 aliphatic heterocycles. The minimum Gasteiger partial charge on any atom is -0.471 e. The van der Waals surface area contributed by atoms with Crippen molar-refractivity contribution in [2.24, 2.45) is 5.73 Å². The van der Waals surface area contributed by atoms with Crippen LogP contribution in [0.15, 0.2) is 0 Å². The maximum absolute atomic E-state index is 9.70. The van der Waals surface area contributed by atoms with Gasteiger partial charge in [-0.05, 0) is 39.7 Å². The highest BCUT2D eigenvalue weighted by molar-refractivity contribution is 5.32. The molecule has 122 valence electrons. The van der Waals surface area contributed by atoms with Crippen LogP contribution >= 0.6 is 0 Å². The van der Waals surface area contributed by atoms with E-state index in [2.05, 4.69) is 16.9 Å². The number of nitrogens with two attached hydrogens (primary N) is 1. The fourth-order valence-electron chi connectivity index (χ4n) is 2.08. The molecular formula is C16H31N3O2. The Kier molecular flexibility index (Phi) is 9.91. The van der Waals surface area contributed by atoms with Crippen molar-refractivity contribution in [1.29, 1.82) is 0 Å². The molecule has 1 aromatic rings. The Morgan fingerprint density at radius 1 is 1.24 bits per heavy atom. The van der Waals surface area contributed by atoms with E-state index in [1.165, 1.54) is 0 Å². The van der Waals surface area contributed by atoms with Gasteiger partial charge in [-0.1, -0.05) is 27.7 Å². The Bertz CT molecular complexity index is 409. The van der Waals surface area contributed by atoms with Gasteiger partial charge in [-0.15, -0.1) is 0 Å². The number of rotatable bonds is 7. The average molecular weight is 297 g/mol. The van der Waals surface area contributed by atoms with E-state index >= 15 is 0 Å². The summed E-state index contributed by atoms with van der Waals surface area (Å²) in [7, 11) is 0. The average Bonchev–Trinajstić information content (AvgIpc) is 2.48. The normalized spacial score (nSPS) is 13.1. The van der Waals surface area contributed by atoms with Gasteiger partial charge in [0.05, 0.1) is 11.8 Å². The van der Waals surface area contributed by atoms with E-state index in [0.717, 1.165) is 24.1 Å². The van der Waals surface area contributed by atoms with E-state index in [1.807, 2.05) is 27.7 Å². The number of aliphatic hydroxyl groups excluding tert-OH is 1. The van der Waals surface area contributed by atoms with E-state index < -0.39 is 6.10 Å². The van der Waals surface area contributed by atoms with Crippen molar-refractivity contribution in [3.8, 4) is 5.88 Å². The molecule has 0 fully saturated rings. The van der Waals surface area contributed by atoms with Crippen molar-refractivity contribution < 1.29 is 9.84 Å². The maximum atomic E-state index is 9.70. The third-order valence-electron chi connectivity index (χ3n) is 3.10. The van der Waals surface area contributed by atoms with Crippen LogP contribution in [0.5, 0.6) is 5.88 Å². The molecule has 1 heterocycles. The Morgan fingerprint density at radius 3 is 2.29 bits per heavy atom. The minimum atomic E-state index is -0.531. The van der Waals surface area contributed by atoms with Crippen molar-refractivity contribution in [3.05, 3.63) is 17.1 Å². The number of aliphatic hydroxyl groups is 1. The SMILES string of the molecule is CC.CCc1nc(C)nc(OC(CC)C(C)O)c1CCN. The maximum Gasteiger partial charge on any atom is 0.220 e. The van der Waals surface area contributed by atoms with Gasteiger partial charge in [0, 0.05) is 5.56 Å². The quantitative estimate of drug-likeness (QED) is 0.807. The lowest BCUT2D eigenvalue weighted by molar-refractivity contribution is 0.0426. The van der Waals surface area contributed by atoms with Crippen molar-refractivity contribution in [2.45, 2.75) is 73.0 Å². The Labute approximate surface area is 129 Å². The molecule has 2 unspecified atom stereocenters. The molecule has 0 aromatic carbocycles. The molecular weight excluding hydrogens is 266 g/mol. The van der Waals surface area contributed by atoms with E-state index in [9.17, 15) is 5.11 Å². The van der Waals surface area contributed by atoms with Gasteiger partial charge in [0.2, 0.25) is 5.88 Å². The van der Waals surface area contributed by atoms with Crippen molar-refractivity contribution >= 4 is 0 Å². The fourth-order valence-corrected chi connectivity index (χ4v) is 2.08. The summed E-state index contributed by atoms with van der Waals surface area (Å²) >= 11 is 0. The van der Waals surface area contributed by atoms with Crippen LogP contribution in [0.2, 0.25) is 0 Å². The Hall–Kier alpha value is -1.20. The van der Waals surface area contributed by atoms with Crippen LogP contribution in [0.25, 0.3) is 0 Å². The topological polar surface area (TPSA) is 81.3 Å². The second kappa shape index (κ2) is 10.5. The van der Waals surface area contributed by atoms with Crippen LogP contribution < -0.4 is 10.5 Å². The third-order valence-corrected chi connectivity index (χ3v) is 3.10. The monoisotopic (exact) mass is 297 g/mol. The van der Waals surface area contributed by atoms with E-state index in [-0.39, 0.29) is 6.10 Å². The highest BCUT2D eigenvalue weighted by atomic mass is 16.5. The number of aromatic nitrogens is 2. The van der Waals surface area contributed by atoms with Crippen LogP contribution in [0.1, 0.15) is 58.1 Å². The predicted octanol–water partition coefficient (Wildman–Crippen LogP) is 2.41. The van der Waals surface area contributed by atoms with Gasteiger partial charge in [0.25, 0.3) is 0 Å². The van der Waals surface area contributed by atoms with Gasteiger partial charge >= 0.3 is 0 Å². The molecule has 0 radical (unpaired) electrons. The molecule has 0 saturated heterocycles. The summed E-state index contributed by atoms with van der Waals surface area (Å²) in [5.41, 5.74) is 7.60. The van der Waals surface area contributed by atoms with E-state index in [0.29, 0.717) is 24.7 Å². The van der Waals surface area contributed by atoms with Crippen molar-refractivity contribution in [2.75, 3.05) is 6.54 Å². The lowest BCUT2D eigenvalue weighted by atomic mass is 10.1. The summed E-state index contributed by atoms with van der Waals surface area (Å²) < 4.78 is 5.88. The molecule has 1 aromatic heterocycles. The molecule has 0 bridgehead atoms. The molecule has 5 nitrogen and oxygen atoms in total. The van der Waals surface area contributed by atoms with Gasteiger partial charge in [-0.3, -0.25) is 0 Å². The zero-order valence-corrected chi connectivity index (χ0v) is 14.3. The van der Waals surface area contributed by atoms with Crippen LogP contribution in [-0.2, 0) is 12.8 Å². The molecule has 1 rings (SSSR count). The van der Waals surface area contributed by atoms with Gasteiger partial charge in [-0.2, -0.15) is 4.98 Å². The lowest BCUT2D eigenvalue weighted by Gasteiger charge is -2.22. The third kappa shape index (κ3) is 5.98. The smallest absolute Gasteiger partial charge is 0.220 e. The first-order chi connectivity index (χ1) is 10.0. The summed E-state index contributed by atoms with van der Waals surface area (Å²) in [5.74, 6) is 1.26. The van der Waals surface area contributed by atoms with Gasteiger partial charge in [0.1, 0.15) is 11.9 Å². The first kappa shape index (κ1) is 19.8. The minimum absolute atomic E-state index is 0.254. The number of aryl methyl sites for hydroxylation is 2. The number of hydrogen-bond donors (Lipinski definition) is 2. The van der Waals surface area contributed by atoms with Crippen molar-refractivity contribution in [3.63, 3.8) is 0 Å². The van der Waals surface area contributed by atoms with Crippen LogP contribution in [-0.4, -0.2) is 33.8 Å². The fraction of sp³-hybridized carbons (Fsp3) is 0.750. The second-order valence-corrected chi connectivity index (χ2v) is 4.70. The lowest BCUT2D eigenvalue weighted by Crippen LogP contribution is -2.29. The number of hydrogen-bond acceptors (Lipinski definition) is 5. The largest absolute Gasteiger partial charge is 0.471 e. The van der Waals surface area contributed by atoms with Crippen LogP contribution in [0.4, 0.5) is 0 Å². The Balaban J connectivity index is 0.00000191. The second-order valence-electron chi connectivity index (χ2n) is 4.70. The number of nitrogens with zero attached hydrogens (tertiary/aromatic N) is 2. The molecule has 0 saturated carbocycles. The highest BCUT2D eigenvalue weighted by Gasteiger charge is 2.19. The zero-order valence-electron chi connectivity index (χ0n) is 14.3. The summed E-state index contributed by atoms with van der Waals surface area (Å²) in [6, 6.07) is 0. The van der Waals surface area contributed by atoms with Gasteiger partial charge in [0.15, 0.2) is 0 Å². The predicted molar refractivity (Wildman–Crippen MR) is 86.6 cm³/mol. The van der Waals surface area contributed by atoms with Crippen molar-refractivity contribution in [1.82, 2.24) is 9.97 Å². The van der Waals surface area contributed by atoms with E-state index in [4.69, 9.17) is 10.5 Å². The highest BCUT2D eigenvalue weighted by Crippen LogP contribution is 2.22. The van der Waals surface area contributed by atoms with Crippen LogP contribution in [0.3, 0.4) is 0 Å². The van der Waals surface area contributed by atoms with E-state index in [1.54, 1.807) is 6.92 Å². The molecule has 21 heavy (non-hydrogen) atoms. The van der Waals surface area contributed by atoms with Crippen LogP contribution in [0, 0.1) is 6.92 Å². The summed E-state index contributed by atoms with van der Waals surface area (Å²) in [5, 5.41) is 9.70. The molecule has 3 N–H and O–H groups in total.